The van der Waals surface area contributed by atoms with Crippen molar-refractivity contribution in [1.29, 1.82) is 0 Å². The molecule has 0 spiro atoms. The Morgan fingerprint density at radius 2 is 0.444 bits per heavy atom. The summed E-state index contributed by atoms with van der Waals surface area (Å²) < 4.78 is 16.9. The third-order valence-electron chi connectivity index (χ3n) is 16.3. The predicted octanol–water partition coefficient (Wildman–Crippen LogP) is 24.9. The minimum Gasteiger partial charge on any atom is -0.462 e. The fourth-order valence-corrected chi connectivity index (χ4v) is 10.9. The van der Waals surface area contributed by atoms with Gasteiger partial charge in [0.2, 0.25) is 0 Å². The summed E-state index contributed by atoms with van der Waals surface area (Å²) in [5.41, 5.74) is 0. The number of carbonyl (C=O) groups excluding carboxylic acids is 3. The van der Waals surface area contributed by atoms with Crippen LogP contribution >= 0.6 is 0 Å². The molecule has 0 aliphatic carbocycles. The van der Waals surface area contributed by atoms with Crippen LogP contribution in [-0.4, -0.2) is 37.2 Å². The zero-order valence-electron chi connectivity index (χ0n) is 54.6. The summed E-state index contributed by atoms with van der Waals surface area (Å²) in [6.45, 7) is 6.66. The van der Waals surface area contributed by atoms with Crippen LogP contribution in [0.3, 0.4) is 0 Å². The largest absolute Gasteiger partial charge is 0.462 e. The second kappa shape index (κ2) is 69.9. The Hall–Kier alpha value is -2.63. The molecule has 0 aromatic rings. The van der Waals surface area contributed by atoms with E-state index < -0.39 is 6.10 Å². The monoisotopic (exact) mass is 1140 g/mol. The lowest BCUT2D eigenvalue weighted by atomic mass is 10.0. The molecule has 6 nitrogen and oxygen atoms in total. The average Bonchev–Trinajstić information content (AvgIpc) is 3.47. The van der Waals surface area contributed by atoms with Crippen molar-refractivity contribution < 1.29 is 28.6 Å². The van der Waals surface area contributed by atoms with Crippen LogP contribution in [0.4, 0.5) is 0 Å². The molecule has 0 N–H and O–H groups in total. The topological polar surface area (TPSA) is 78.9 Å². The Labute approximate surface area is 505 Å². The van der Waals surface area contributed by atoms with Gasteiger partial charge in [0.05, 0.1) is 0 Å². The van der Waals surface area contributed by atoms with E-state index >= 15 is 0 Å². The number of rotatable bonds is 67. The van der Waals surface area contributed by atoms with Gasteiger partial charge < -0.3 is 14.2 Å². The third kappa shape index (κ3) is 68.0. The van der Waals surface area contributed by atoms with Gasteiger partial charge in [-0.25, -0.2) is 0 Å². The van der Waals surface area contributed by atoms with Crippen LogP contribution in [0.2, 0.25) is 0 Å². The zero-order valence-corrected chi connectivity index (χ0v) is 54.6. The maximum absolute atomic E-state index is 12.9. The fraction of sp³-hybridized carbons (Fsp3) is 0.853. The molecule has 0 fully saturated rings. The summed E-state index contributed by atoms with van der Waals surface area (Å²) in [6, 6.07) is 0. The number of esters is 3. The lowest BCUT2D eigenvalue weighted by molar-refractivity contribution is -0.167. The molecular weight excluding hydrogens is 997 g/mol. The molecule has 0 saturated carbocycles. The third-order valence-corrected chi connectivity index (χ3v) is 16.3. The molecule has 0 heterocycles. The van der Waals surface area contributed by atoms with Gasteiger partial charge >= 0.3 is 17.9 Å². The lowest BCUT2D eigenvalue weighted by Gasteiger charge is -2.18. The zero-order chi connectivity index (χ0) is 58.5. The molecule has 1 atom stereocenters. The van der Waals surface area contributed by atoms with Crippen molar-refractivity contribution in [2.75, 3.05) is 13.2 Å². The highest BCUT2D eigenvalue weighted by Crippen LogP contribution is 2.18. The molecule has 1 unspecified atom stereocenters. The highest BCUT2D eigenvalue weighted by Gasteiger charge is 2.19. The first-order valence-electron chi connectivity index (χ1n) is 36.1. The molecule has 0 rings (SSSR count). The second-order valence-electron chi connectivity index (χ2n) is 24.5. The van der Waals surface area contributed by atoms with Gasteiger partial charge in [-0.05, 0) is 83.5 Å². The van der Waals surface area contributed by atoms with E-state index in [1.54, 1.807) is 0 Å². The van der Waals surface area contributed by atoms with Crippen molar-refractivity contribution in [3.05, 3.63) is 48.6 Å². The van der Waals surface area contributed by atoms with Gasteiger partial charge in [-0.15, -0.1) is 0 Å². The lowest BCUT2D eigenvalue weighted by Crippen LogP contribution is -2.30. The van der Waals surface area contributed by atoms with Crippen molar-refractivity contribution in [2.24, 2.45) is 0 Å². The molecule has 0 saturated heterocycles. The molecule has 81 heavy (non-hydrogen) atoms. The number of allylic oxidation sites excluding steroid dienone is 8. The normalized spacial score (nSPS) is 12.3. The maximum atomic E-state index is 12.9. The van der Waals surface area contributed by atoms with Crippen LogP contribution in [0.5, 0.6) is 0 Å². The van der Waals surface area contributed by atoms with Gasteiger partial charge in [0.25, 0.3) is 0 Å². The Morgan fingerprint density at radius 3 is 0.679 bits per heavy atom. The molecule has 0 radical (unpaired) electrons. The summed E-state index contributed by atoms with van der Waals surface area (Å²) in [7, 11) is 0. The Kier molecular flexibility index (Phi) is 67.6. The first-order chi connectivity index (χ1) is 40.0. The van der Waals surface area contributed by atoms with Crippen LogP contribution in [0.1, 0.15) is 393 Å². The molecule has 0 aliphatic heterocycles. The molecular formula is C75H138O6. The van der Waals surface area contributed by atoms with Gasteiger partial charge in [0, 0.05) is 19.3 Å². The summed E-state index contributed by atoms with van der Waals surface area (Å²) in [5, 5.41) is 0. The van der Waals surface area contributed by atoms with E-state index in [9.17, 15) is 14.4 Å². The fourth-order valence-electron chi connectivity index (χ4n) is 10.9. The molecule has 474 valence electrons. The van der Waals surface area contributed by atoms with Gasteiger partial charge in [-0.3, -0.25) is 14.4 Å². The minimum absolute atomic E-state index is 0.0694. The molecule has 0 bridgehead atoms. The predicted molar refractivity (Wildman–Crippen MR) is 353 cm³/mol. The van der Waals surface area contributed by atoms with Crippen molar-refractivity contribution in [2.45, 2.75) is 399 Å². The van der Waals surface area contributed by atoms with E-state index in [0.29, 0.717) is 19.3 Å². The quantitative estimate of drug-likeness (QED) is 0.0261. The summed E-state index contributed by atoms with van der Waals surface area (Å²) in [4.78, 5) is 38.3. The van der Waals surface area contributed by atoms with Crippen LogP contribution in [0.15, 0.2) is 48.6 Å². The summed E-state index contributed by atoms with van der Waals surface area (Å²) >= 11 is 0. The van der Waals surface area contributed by atoms with Crippen LogP contribution in [0.25, 0.3) is 0 Å². The highest BCUT2D eigenvalue weighted by atomic mass is 16.6. The van der Waals surface area contributed by atoms with Gasteiger partial charge in [-0.2, -0.15) is 0 Å². The number of ether oxygens (including phenoxy) is 3. The average molecular weight is 1140 g/mol. The molecule has 0 amide bonds. The van der Waals surface area contributed by atoms with Crippen molar-refractivity contribution in [3.63, 3.8) is 0 Å². The van der Waals surface area contributed by atoms with Crippen molar-refractivity contribution in [3.8, 4) is 0 Å². The SMILES string of the molecule is CCCCCCC/C=C\C/C=C\CCCCCCCCCCCCCCCCCCCCCCCC(=O)OCC(COC(=O)CCCCCCCCCCC)OC(=O)CCCCCCCCCCC/C=C\C/C=C\CCCCCCC. The summed E-state index contributed by atoms with van der Waals surface area (Å²) in [5.74, 6) is -0.851. The van der Waals surface area contributed by atoms with Gasteiger partial charge in [0.1, 0.15) is 13.2 Å². The van der Waals surface area contributed by atoms with E-state index in [1.807, 2.05) is 0 Å². The molecule has 0 aromatic carbocycles. The first-order valence-corrected chi connectivity index (χ1v) is 36.1. The highest BCUT2D eigenvalue weighted by molar-refractivity contribution is 5.71. The van der Waals surface area contributed by atoms with Gasteiger partial charge in [-0.1, -0.05) is 339 Å². The maximum Gasteiger partial charge on any atom is 0.306 e. The van der Waals surface area contributed by atoms with E-state index in [0.717, 1.165) is 70.6 Å². The van der Waals surface area contributed by atoms with Crippen LogP contribution in [0, 0.1) is 0 Å². The summed E-state index contributed by atoms with van der Waals surface area (Å²) in [6.07, 6.45) is 88.8. The van der Waals surface area contributed by atoms with E-state index in [-0.39, 0.29) is 31.1 Å². The van der Waals surface area contributed by atoms with E-state index in [2.05, 4.69) is 69.4 Å². The smallest absolute Gasteiger partial charge is 0.306 e. The number of hydrogen-bond acceptors (Lipinski definition) is 6. The minimum atomic E-state index is -0.772. The Balaban J connectivity index is 4.05. The van der Waals surface area contributed by atoms with Crippen molar-refractivity contribution >= 4 is 17.9 Å². The van der Waals surface area contributed by atoms with Crippen LogP contribution in [-0.2, 0) is 28.6 Å². The molecule has 0 aromatic heterocycles. The second-order valence-corrected chi connectivity index (χ2v) is 24.5. The van der Waals surface area contributed by atoms with E-state index in [1.165, 1.54) is 283 Å². The van der Waals surface area contributed by atoms with Crippen molar-refractivity contribution in [1.82, 2.24) is 0 Å². The van der Waals surface area contributed by atoms with Crippen LogP contribution < -0.4 is 0 Å². The Bertz CT molecular complexity index is 1400. The van der Waals surface area contributed by atoms with E-state index in [4.69, 9.17) is 14.2 Å². The number of carbonyl (C=O) groups is 3. The molecule has 0 aliphatic rings. The molecule has 6 heteroatoms. The first kappa shape index (κ1) is 78.4. The standard InChI is InChI=1S/C75H138O6/c1-4-7-10-13-16-19-21-23-25-27-29-31-32-33-34-35-36-37-38-39-40-41-42-44-45-47-49-51-53-56-59-62-65-68-74(77)80-71-72(70-79-73(76)67-64-61-58-55-18-15-12-9-6-3)81-75(78)69-66-63-60-57-54-52-50-48-46-43-30-28-26-24-22-20-17-14-11-8-5-2/h21-24,27-30,72H,4-20,25-26,31-71H2,1-3H3/b23-21-,24-22-,29-27-,30-28-. The number of hydrogen-bond donors (Lipinski definition) is 0. The number of unbranched alkanes of at least 4 members (excludes halogenated alkanes) is 48. The Morgan fingerprint density at radius 1 is 0.247 bits per heavy atom. The van der Waals surface area contributed by atoms with Gasteiger partial charge in [0.15, 0.2) is 6.10 Å².